The Morgan fingerprint density at radius 2 is 2.27 bits per heavy atom. The highest BCUT2D eigenvalue weighted by atomic mass is 79.9. The standard InChI is InChI=1S/C9H15BrN4O/c1-4-5-14-9(15)8(10)7(6-11-14)12-13(2)3/h6,12H,4-5H2,1-3H3. The van der Waals surface area contributed by atoms with Crippen LogP contribution in [0.1, 0.15) is 13.3 Å². The van der Waals surface area contributed by atoms with Crippen molar-refractivity contribution in [2.75, 3.05) is 19.5 Å². The zero-order valence-corrected chi connectivity index (χ0v) is 10.7. The summed E-state index contributed by atoms with van der Waals surface area (Å²) < 4.78 is 1.96. The minimum Gasteiger partial charge on any atom is -0.317 e. The topological polar surface area (TPSA) is 50.2 Å². The molecule has 1 N–H and O–H groups in total. The number of aryl methyl sites for hydroxylation is 1. The van der Waals surface area contributed by atoms with E-state index in [9.17, 15) is 4.79 Å². The van der Waals surface area contributed by atoms with Crippen LogP contribution in [0.15, 0.2) is 15.5 Å². The number of hydrazine groups is 1. The van der Waals surface area contributed by atoms with E-state index in [1.165, 1.54) is 4.68 Å². The maximum atomic E-state index is 11.8. The van der Waals surface area contributed by atoms with Crippen LogP contribution in [0.25, 0.3) is 0 Å². The largest absolute Gasteiger partial charge is 0.317 e. The van der Waals surface area contributed by atoms with Gasteiger partial charge >= 0.3 is 0 Å². The minimum atomic E-state index is -0.108. The van der Waals surface area contributed by atoms with E-state index in [1.807, 2.05) is 21.0 Å². The molecular formula is C9H15BrN4O. The van der Waals surface area contributed by atoms with Gasteiger partial charge in [0.15, 0.2) is 0 Å². The number of rotatable bonds is 4. The van der Waals surface area contributed by atoms with Gasteiger partial charge < -0.3 is 5.43 Å². The van der Waals surface area contributed by atoms with Gasteiger partial charge in [-0.05, 0) is 22.4 Å². The molecule has 0 aliphatic rings. The molecule has 0 saturated heterocycles. The zero-order valence-electron chi connectivity index (χ0n) is 9.12. The normalized spacial score (nSPS) is 10.7. The van der Waals surface area contributed by atoms with Crippen molar-refractivity contribution in [2.45, 2.75) is 19.9 Å². The maximum absolute atomic E-state index is 11.8. The van der Waals surface area contributed by atoms with Crippen molar-refractivity contribution < 1.29 is 0 Å². The number of nitrogens with zero attached hydrogens (tertiary/aromatic N) is 3. The number of aromatic nitrogens is 2. The van der Waals surface area contributed by atoms with Crippen LogP contribution in [0.5, 0.6) is 0 Å². The van der Waals surface area contributed by atoms with E-state index in [2.05, 4.69) is 26.5 Å². The molecule has 0 unspecified atom stereocenters. The summed E-state index contributed by atoms with van der Waals surface area (Å²) in [6.07, 6.45) is 2.53. The second-order valence-electron chi connectivity index (χ2n) is 3.41. The van der Waals surface area contributed by atoms with Crippen LogP contribution in [0, 0.1) is 0 Å². The van der Waals surface area contributed by atoms with Crippen molar-refractivity contribution in [3.63, 3.8) is 0 Å². The first-order valence-electron chi connectivity index (χ1n) is 4.75. The molecule has 0 aromatic carbocycles. The van der Waals surface area contributed by atoms with Gasteiger partial charge in [0.05, 0.1) is 11.9 Å². The maximum Gasteiger partial charge on any atom is 0.283 e. The van der Waals surface area contributed by atoms with Crippen LogP contribution in [-0.4, -0.2) is 28.9 Å². The molecule has 0 saturated carbocycles. The van der Waals surface area contributed by atoms with E-state index >= 15 is 0 Å². The second kappa shape index (κ2) is 5.27. The average molecular weight is 275 g/mol. The van der Waals surface area contributed by atoms with Gasteiger partial charge in [0.1, 0.15) is 4.47 Å². The summed E-state index contributed by atoms with van der Waals surface area (Å²) in [6.45, 7) is 2.65. The fourth-order valence-corrected chi connectivity index (χ4v) is 1.55. The third-order valence-electron chi connectivity index (χ3n) is 1.76. The third kappa shape index (κ3) is 3.04. The zero-order chi connectivity index (χ0) is 11.4. The lowest BCUT2D eigenvalue weighted by Gasteiger charge is -2.14. The van der Waals surface area contributed by atoms with Crippen LogP contribution < -0.4 is 11.0 Å². The van der Waals surface area contributed by atoms with Crippen LogP contribution in [0.3, 0.4) is 0 Å². The lowest BCUT2D eigenvalue weighted by molar-refractivity contribution is 0.491. The highest BCUT2D eigenvalue weighted by Crippen LogP contribution is 2.15. The summed E-state index contributed by atoms with van der Waals surface area (Å²) in [7, 11) is 3.70. The quantitative estimate of drug-likeness (QED) is 0.842. The average Bonchev–Trinajstić information content (AvgIpc) is 2.17. The first-order valence-corrected chi connectivity index (χ1v) is 5.55. The number of hydrogen-bond acceptors (Lipinski definition) is 4. The molecule has 0 aliphatic heterocycles. The lowest BCUT2D eigenvalue weighted by atomic mass is 10.4. The SMILES string of the molecule is CCCn1ncc(NN(C)C)c(Br)c1=O. The predicted octanol–water partition coefficient (Wildman–Crippen LogP) is 1.30. The van der Waals surface area contributed by atoms with E-state index in [0.717, 1.165) is 6.42 Å². The lowest BCUT2D eigenvalue weighted by Crippen LogP contribution is -2.27. The summed E-state index contributed by atoms with van der Waals surface area (Å²) in [6, 6.07) is 0. The Kier molecular flexibility index (Phi) is 4.28. The van der Waals surface area contributed by atoms with Crippen molar-refractivity contribution in [3.05, 3.63) is 21.0 Å². The smallest absolute Gasteiger partial charge is 0.283 e. The molecule has 0 atom stereocenters. The molecule has 84 valence electrons. The van der Waals surface area contributed by atoms with Crippen molar-refractivity contribution in [2.24, 2.45) is 0 Å². The van der Waals surface area contributed by atoms with Gasteiger partial charge in [-0.15, -0.1) is 0 Å². The van der Waals surface area contributed by atoms with E-state index in [-0.39, 0.29) is 5.56 Å². The van der Waals surface area contributed by atoms with Gasteiger partial charge in [-0.2, -0.15) is 5.10 Å². The van der Waals surface area contributed by atoms with Crippen molar-refractivity contribution in [1.82, 2.24) is 14.8 Å². The highest BCUT2D eigenvalue weighted by Gasteiger charge is 2.08. The number of anilines is 1. The Morgan fingerprint density at radius 3 is 2.80 bits per heavy atom. The van der Waals surface area contributed by atoms with Gasteiger partial charge in [-0.1, -0.05) is 6.92 Å². The van der Waals surface area contributed by atoms with Crippen molar-refractivity contribution in [1.29, 1.82) is 0 Å². The second-order valence-corrected chi connectivity index (χ2v) is 4.20. The van der Waals surface area contributed by atoms with Gasteiger partial charge in [0.25, 0.3) is 5.56 Å². The summed E-state index contributed by atoms with van der Waals surface area (Å²) in [5.41, 5.74) is 3.56. The van der Waals surface area contributed by atoms with Crippen molar-refractivity contribution in [3.8, 4) is 0 Å². The monoisotopic (exact) mass is 274 g/mol. The number of halogens is 1. The van der Waals surface area contributed by atoms with Crippen molar-refractivity contribution >= 4 is 21.6 Å². The van der Waals surface area contributed by atoms with Gasteiger partial charge in [0.2, 0.25) is 0 Å². The Balaban J connectivity index is 3.04. The van der Waals surface area contributed by atoms with E-state index in [1.54, 1.807) is 11.2 Å². The highest BCUT2D eigenvalue weighted by molar-refractivity contribution is 9.10. The van der Waals surface area contributed by atoms with E-state index in [0.29, 0.717) is 16.7 Å². The Labute approximate surface area is 97.2 Å². The number of hydrogen-bond donors (Lipinski definition) is 1. The molecule has 1 aromatic rings. The number of nitrogens with one attached hydrogen (secondary N) is 1. The molecular weight excluding hydrogens is 260 g/mol. The Bertz CT molecular complexity index is 388. The van der Waals surface area contributed by atoms with E-state index < -0.39 is 0 Å². The fourth-order valence-electron chi connectivity index (χ4n) is 1.15. The molecule has 6 heteroatoms. The Hall–Kier alpha value is -0.880. The molecule has 0 aliphatic carbocycles. The summed E-state index contributed by atoms with van der Waals surface area (Å²) in [5.74, 6) is 0. The predicted molar refractivity (Wildman–Crippen MR) is 63.8 cm³/mol. The van der Waals surface area contributed by atoms with Crippen LogP contribution in [-0.2, 0) is 6.54 Å². The molecule has 0 spiro atoms. The summed E-state index contributed by atoms with van der Waals surface area (Å²) in [4.78, 5) is 11.8. The molecule has 1 heterocycles. The van der Waals surface area contributed by atoms with E-state index in [4.69, 9.17) is 0 Å². The van der Waals surface area contributed by atoms with Crippen LogP contribution >= 0.6 is 15.9 Å². The Morgan fingerprint density at radius 1 is 1.60 bits per heavy atom. The van der Waals surface area contributed by atoms with Gasteiger partial charge in [-0.3, -0.25) is 4.79 Å². The molecule has 0 bridgehead atoms. The first-order chi connectivity index (χ1) is 7.06. The fraction of sp³-hybridized carbons (Fsp3) is 0.556. The first kappa shape index (κ1) is 12.2. The van der Waals surface area contributed by atoms with Gasteiger partial charge in [-0.25, -0.2) is 9.69 Å². The molecule has 15 heavy (non-hydrogen) atoms. The molecule has 0 amide bonds. The van der Waals surface area contributed by atoms with Crippen LogP contribution in [0.4, 0.5) is 5.69 Å². The van der Waals surface area contributed by atoms with Crippen LogP contribution in [0.2, 0.25) is 0 Å². The molecule has 1 aromatic heterocycles. The molecule has 0 radical (unpaired) electrons. The molecule has 0 fully saturated rings. The summed E-state index contributed by atoms with van der Waals surface area (Å²) in [5, 5.41) is 5.82. The summed E-state index contributed by atoms with van der Waals surface area (Å²) >= 11 is 3.27. The molecule has 5 nitrogen and oxygen atoms in total. The third-order valence-corrected chi connectivity index (χ3v) is 2.53. The van der Waals surface area contributed by atoms with Gasteiger partial charge in [0, 0.05) is 20.6 Å². The molecule has 1 rings (SSSR count). The minimum absolute atomic E-state index is 0.108.